The second-order valence-electron chi connectivity index (χ2n) is 2.45. The monoisotopic (exact) mass is 183 g/mol. The minimum Gasteiger partial charge on any atom is -0.309 e. The van der Waals surface area contributed by atoms with Gasteiger partial charge in [-0.25, -0.2) is 0 Å². The molecule has 0 saturated heterocycles. The maximum absolute atomic E-state index is 3.82. The molecule has 1 N–H and O–H groups in total. The van der Waals surface area contributed by atoms with E-state index in [0.717, 1.165) is 13.0 Å². The number of hydrogen-bond acceptors (Lipinski definition) is 4. The van der Waals surface area contributed by atoms with Gasteiger partial charge < -0.3 is 5.32 Å². The molecule has 0 spiro atoms. The third-order valence-electron chi connectivity index (χ3n) is 1.57. The molecule has 12 heavy (non-hydrogen) atoms. The first-order valence-electron chi connectivity index (χ1n) is 4.00. The van der Waals surface area contributed by atoms with Crippen LogP contribution in [0.3, 0.4) is 0 Å². The summed E-state index contributed by atoms with van der Waals surface area (Å²) in [5.41, 5.74) is 0. The van der Waals surface area contributed by atoms with Crippen LogP contribution in [0.15, 0.2) is 18.9 Å². The van der Waals surface area contributed by atoms with Crippen molar-refractivity contribution in [2.45, 2.75) is 19.4 Å². The van der Waals surface area contributed by atoms with Gasteiger partial charge in [0.1, 0.15) is 0 Å². The van der Waals surface area contributed by atoms with Crippen molar-refractivity contribution in [3.63, 3.8) is 0 Å². The Bertz CT molecular complexity index is 220. The maximum Gasteiger partial charge on any atom is 0.0669 e. The summed E-state index contributed by atoms with van der Waals surface area (Å²) in [5, 5.41) is 7.15. The molecule has 0 fully saturated rings. The number of aromatic nitrogens is 2. The molecule has 0 bridgehead atoms. The zero-order valence-electron chi connectivity index (χ0n) is 7.16. The van der Waals surface area contributed by atoms with Crippen LogP contribution < -0.4 is 5.32 Å². The lowest BCUT2D eigenvalue weighted by molar-refractivity contribution is 0.567. The molecule has 0 saturated carbocycles. The number of nitrogens with one attached hydrogen (secondary N) is 1. The van der Waals surface area contributed by atoms with Crippen LogP contribution in [0, 0.1) is 0 Å². The SMILES string of the molecule is C=CCC(NCC)c1cnns1. The molecule has 1 atom stereocenters. The van der Waals surface area contributed by atoms with Crippen LogP contribution in [0.25, 0.3) is 0 Å². The Hall–Kier alpha value is -0.740. The first kappa shape index (κ1) is 9.35. The number of nitrogens with zero attached hydrogens (tertiary/aromatic N) is 2. The molecule has 0 aliphatic rings. The van der Waals surface area contributed by atoms with E-state index in [1.807, 2.05) is 12.3 Å². The van der Waals surface area contributed by atoms with Gasteiger partial charge in [0.05, 0.1) is 11.1 Å². The fourth-order valence-electron chi connectivity index (χ4n) is 1.04. The first-order chi connectivity index (χ1) is 5.88. The Labute approximate surface area is 76.7 Å². The van der Waals surface area contributed by atoms with Crippen LogP contribution in [0.1, 0.15) is 24.3 Å². The van der Waals surface area contributed by atoms with E-state index in [1.54, 1.807) is 0 Å². The molecule has 0 amide bonds. The lowest BCUT2D eigenvalue weighted by Gasteiger charge is -2.12. The Balaban J connectivity index is 2.59. The minimum absolute atomic E-state index is 0.340. The Morgan fingerprint density at radius 2 is 2.67 bits per heavy atom. The smallest absolute Gasteiger partial charge is 0.0669 e. The molecule has 1 aromatic heterocycles. The highest BCUT2D eigenvalue weighted by molar-refractivity contribution is 7.05. The van der Waals surface area contributed by atoms with Crippen LogP contribution >= 0.6 is 11.5 Å². The summed E-state index contributed by atoms with van der Waals surface area (Å²) >= 11 is 1.44. The summed E-state index contributed by atoms with van der Waals surface area (Å²) < 4.78 is 3.82. The Morgan fingerprint density at radius 1 is 1.83 bits per heavy atom. The van der Waals surface area contributed by atoms with Gasteiger partial charge in [-0.3, -0.25) is 0 Å². The molecular formula is C8H13N3S. The van der Waals surface area contributed by atoms with E-state index in [-0.39, 0.29) is 0 Å². The predicted octanol–water partition coefficient (Wildman–Crippen LogP) is 1.76. The van der Waals surface area contributed by atoms with E-state index < -0.39 is 0 Å². The summed E-state index contributed by atoms with van der Waals surface area (Å²) in [5.74, 6) is 0. The lowest BCUT2D eigenvalue weighted by Crippen LogP contribution is -2.19. The normalized spacial score (nSPS) is 12.8. The molecule has 1 aromatic rings. The molecule has 3 nitrogen and oxygen atoms in total. The van der Waals surface area contributed by atoms with E-state index in [1.165, 1.54) is 16.4 Å². The van der Waals surface area contributed by atoms with E-state index in [0.29, 0.717) is 6.04 Å². The van der Waals surface area contributed by atoms with Crippen molar-refractivity contribution in [1.29, 1.82) is 0 Å². The summed E-state index contributed by atoms with van der Waals surface area (Å²) in [6.45, 7) is 6.76. The molecule has 1 rings (SSSR count). The van der Waals surface area contributed by atoms with E-state index in [4.69, 9.17) is 0 Å². The topological polar surface area (TPSA) is 37.8 Å². The van der Waals surface area contributed by atoms with Gasteiger partial charge in [0.15, 0.2) is 0 Å². The maximum atomic E-state index is 3.82. The Morgan fingerprint density at radius 3 is 3.17 bits per heavy atom. The lowest BCUT2D eigenvalue weighted by atomic mass is 10.2. The number of rotatable bonds is 5. The highest BCUT2D eigenvalue weighted by atomic mass is 32.1. The van der Waals surface area contributed by atoms with Gasteiger partial charge in [0, 0.05) is 6.04 Å². The van der Waals surface area contributed by atoms with Gasteiger partial charge in [0.2, 0.25) is 0 Å². The van der Waals surface area contributed by atoms with Crippen molar-refractivity contribution in [3.8, 4) is 0 Å². The summed E-state index contributed by atoms with van der Waals surface area (Å²) in [4.78, 5) is 1.18. The molecule has 0 radical (unpaired) electrons. The molecule has 0 aromatic carbocycles. The average molecular weight is 183 g/mol. The largest absolute Gasteiger partial charge is 0.309 e. The second-order valence-corrected chi connectivity index (χ2v) is 3.27. The van der Waals surface area contributed by atoms with Crippen molar-refractivity contribution >= 4 is 11.5 Å². The summed E-state index contributed by atoms with van der Waals surface area (Å²) in [7, 11) is 0. The third-order valence-corrected chi connectivity index (χ3v) is 2.35. The van der Waals surface area contributed by atoms with Crippen molar-refractivity contribution in [2.24, 2.45) is 0 Å². The van der Waals surface area contributed by atoms with Gasteiger partial charge in [-0.15, -0.1) is 11.7 Å². The molecule has 0 aliphatic heterocycles. The second kappa shape index (κ2) is 5.00. The molecule has 1 heterocycles. The minimum atomic E-state index is 0.340. The summed E-state index contributed by atoms with van der Waals surface area (Å²) in [6.07, 6.45) is 4.65. The van der Waals surface area contributed by atoms with E-state index in [2.05, 4.69) is 28.4 Å². The third kappa shape index (κ3) is 2.39. The predicted molar refractivity (Wildman–Crippen MR) is 51.1 cm³/mol. The standard InChI is InChI=1S/C8H13N3S/c1-3-5-7(9-4-2)8-6-10-11-12-8/h3,6-7,9H,1,4-5H2,2H3. The van der Waals surface area contributed by atoms with Crippen LogP contribution in [0.5, 0.6) is 0 Å². The van der Waals surface area contributed by atoms with Crippen LogP contribution in [-0.2, 0) is 0 Å². The highest BCUT2D eigenvalue weighted by Gasteiger charge is 2.09. The van der Waals surface area contributed by atoms with Crippen molar-refractivity contribution in [2.75, 3.05) is 6.54 Å². The van der Waals surface area contributed by atoms with Crippen LogP contribution in [-0.4, -0.2) is 16.1 Å². The van der Waals surface area contributed by atoms with E-state index in [9.17, 15) is 0 Å². The van der Waals surface area contributed by atoms with Crippen LogP contribution in [0.2, 0.25) is 0 Å². The fraction of sp³-hybridized carbons (Fsp3) is 0.500. The van der Waals surface area contributed by atoms with Crippen molar-refractivity contribution in [3.05, 3.63) is 23.7 Å². The van der Waals surface area contributed by atoms with Crippen molar-refractivity contribution < 1.29 is 0 Å². The molecule has 1 unspecified atom stereocenters. The van der Waals surface area contributed by atoms with Gasteiger partial charge >= 0.3 is 0 Å². The van der Waals surface area contributed by atoms with Gasteiger partial charge in [0.25, 0.3) is 0 Å². The van der Waals surface area contributed by atoms with Gasteiger partial charge in [-0.2, -0.15) is 0 Å². The zero-order valence-corrected chi connectivity index (χ0v) is 7.97. The van der Waals surface area contributed by atoms with E-state index >= 15 is 0 Å². The molecular weight excluding hydrogens is 170 g/mol. The molecule has 4 heteroatoms. The first-order valence-corrected chi connectivity index (χ1v) is 4.77. The van der Waals surface area contributed by atoms with Crippen LogP contribution in [0.4, 0.5) is 0 Å². The van der Waals surface area contributed by atoms with Gasteiger partial charge in [-0.05, 0) is 24.5 Å². The van der Waals surface area contributed by atoms with Crippen molar-refractivity contribution in [1.82, 2.24) is 14.9 Å². The number of hydrogen-bond donors (Lipinski definition) is 1. The zero-order chi connectivity index (χ0) is 8.81. The molecule has 66 valence electrons. The molecule has 0 aliphatic carbocycles. The average Bonchev–Trinajstić information content (AvgIpc) is 2.56. The fourth-order valence-corrected chi connectivity index (χ4v) is 1.63. The highest BCUT2D eigenvalue weighted by Crippen LogP contribution is 2.18. The quantitative estimate of drug-likeness (QED) is 0.707. The van der Waals surface area contributed by atoms with Gasteiger partial charge in [-0.1, -0.05) is 17.5 Å². The summed E-state index contributed by atoms with van der Waals surface area (Å²) in [6, 6.07) is 0.340. The Kier molecular flexibility index (Phi) is 3.90.